The molecule has 1 N–H and O–H groups in total. The van der Waals surface area contributed by atoms with E-state index >= 15 is 0 Å². The fourth-order valence-electron chi connectivity index (χ4n) is 6.16. The van der Waals surface area contributed by atoms with Crippen LogP contribution in [0.4, 0.5) is 0 Å². The average Bonchev–Trinajstić information content (AvgIpc) is 3.15. The van der Waals surface area contributed by atoms with Crippen LogP contribution in [0.3, 0.4) is 0 Å². The lowest BCUT2D eigenvalue weighted by molar-refractivity contribution is 0.774. The van der Waals surface area contributed by atoms with Gasteiger partial charge >= 0.3 is 0 Å². The first kappa shape index (κ1) is 29.7. The molecule has 7 aromatic rings. The molecule has 0 bridgehead atoms. The highest BCUT2D eigenvalue weighted by atomic mass is 14.9. The third-order valence-corrected chi connectivity index (χ3v) is 8.77. The molecule has 1 aromatic heterocycles. The zero-order valence-corrected chi connectivity index (χ0v) is 26.5. The minimum absolute atomic E-state index is 0.0906. The van der Waals surface area contributed by atoms with E-state index in [1.165, 1.54) is 49.7 Å². The molecular formula is C45H36N2. The van der Waals surface area contributed by atoms with Gasteiger partial charge in [0.25, 0.3) is 0 Å². The van der Waals surface area contributed by atoms with Crippen LogP contribution in [0.15, 0.2) is 183 Å². The van der Waals surface area contributed by atoms with Gasteiger partial charge in [-0.1, -0.05) is 158 Å². The SMILES string of the molecule is C=C(NC(/C=C(\C)c1cccc(-c2cccnc2)c1)c1ccc(-c2ccccc2)cc1)c1ccc(-c2cccc3ccccc23)cc1. The zero-order valence-electron chi connectivity index (χ0n) is 26.5. The molecule has 47 heavy (non-hydrogen) atoms. The molecular weight excluding hydrogens is 569 g/mol. The van der Waals surface area contributed by atoms with Gasteiger partial charge in [0.1, 0.15) is 0 Å². The van der Waals surface area contributed by atoms with Crippen LogP contribution >= 0.6 is 0 Å². The van der Waals surface area contributed by atoms with Crippen LogP contribution in [0.1, 0.15) is 29.7 Å². The van der Waals surface area contributed by atoms with Gasteiger partial charge in [0.05, 0.1) is 6.04 Å². The summed E-state index contributed by atoms with van der Waals surface area (Å²) in [6.45, 7) is 6.67. The summed E-state index contributed by atoms with van der Waals surface area (Å²) in [6.07, 6.45) is 6.02. The summed E-state index contributed by atoms with van der Waals surface area (Å²) in [5.74, 6) is 0. The van der Waals surface area contributed by atoms with E-state index in [0.717, 1.165) is 22.4 Å². The largest absolute Gasteiger partial charge is 0.375 e. The van der Waals surface area contributed by atoms with Crippen molar-refractivity contribution < 1.29 is 0 Å². The number of nitrogens with one attached hydrogen (secondary N) is 1. The first-order valence-corrected chi connectivity index (χ1v) is 16.0. The molecule has 0 saturated heterocycles. The predicted molar refractivity (Wildman–Crippen MR) is 199 cm³/mol. The Morgan fingerprint density at radius 3 is 2.04 bits per heavy atom. The van der Waals surface area contributed by atoms with Crippen molar-refractivity contribution in [2.75, 3.05) is 0 Å². The van der Waals surface area contributed by atoms with Gasteiger partial charge in [-0.2, -0.15) is 0 Å². The number of allylic oxidation sites excluding steroid dienone is 1. The third kappa shape index (κ3) is 6.68. The summed E-state index contributed by atoms with van der Waals surface area (Å²) >= 11 is 0. The predicted octanol–water partition coefficient (Wildman–Crippen LogP) is 11.6. The van der Waals surface area contributed by atoms with E-state index in [-0.39, 0.29) is 6.04 Å². The van der Waals surface area contributed by atoms with Crippen molar-refractivity contribution in [1.82, 2.24) is 10.3 Å². The number of pyridine rings is 1. The lowest BCUT2D eigenvalue weighted by Crippen LogP contribution is -2.18. The lowest BCUT2D eigenvalue weighted by Gasteiger charge is -2.21. The number of hydrogen-bond acceptors (Lipinski definition) is 2. The quantitative estimate of drug-likeness (QED) is 0.177. The van der Waals surface area contributed by atoms with E-state index in [4.69, 9.17) is 0 Å². The Balaban J connectivity index is 1.19. The van der Waals surface area contributed by atoms with Crippen molar-refractivity contribution in [3.8, 4) is 33.4 Å². The minimum atomic E-state index is -0.0906. The van der Waals surface area contributed by atoms with Crippen molar-refractivity contribution in [3.05, 3.63) is 199 Å². The second-order valence-electron chi connectivity index (χ2n) is 11.9. The van der Waals surface area contributed by atoms with Crippen LogP contribution < -0.4 is 5.32 Å². The summed E-state index contributed by atoms with van der Waals surface area (Å²) in [6, 6.07) is 55.7. The maximum Gasteiger partial charge on any atom is 0.0703 e. The molecule has 0 fully saturated rings. The van der Waals surface area contributed by atoms with Crippen molar-refractivity contribution in [1.29, 1.82) is 0 Å². The van der Waals surface area contributed by atoms with Crippen LogP contribution in [0.2, 0.25) is 0 Å². The summed E-state index contributed by atoms with van der Waals surface area (Å²) in [5, 5.41) is 6.27. The van der Waals surface area contributed by atoms with Gasteiger partial charge in [-0.15, -0.1) is 0 Å². The maximum atomic E-state index is 4.49. The molecule has 0 saturated carbocycles. The Kier molecular flexibility index (Phi) is 8.57. The van der Waals surface area contributed by atoms with Crippen LogP contribution in [0.25, 0.3) is 55.4 Å². The fraction of sp³-hybridized carbons (Fsp3) is 0.0444. The first-order chi connectivity index (χ1) is 23.1. The van der Waals surface area contributed by atoms with Crippen molar-refractivity contribution >= 4 is 22.0 Å². The number of hydrogen-bond donors (Lipinski definition) is 1. The van der Waals surface area contributed by atoms with Crippen molar-refractivity contribution in [3.63, 3.8) is 0 Å². The molecule has 6 aromatic carbocycles. The number of fused-ring (bicyclic) bond motifs is 1. The third-order valence-electron chi connectivity index (χ3n) is 8.77. The molecule has 2 nitrogen and oxygen atoms in total. The molecule has 226 valence electrons. The van der Waals surface area contributed by atoms with Crippen LogP contribution in [-0.2, 0) is 0 Å². The molecule has 1 unspecified atom stereocenters. The Hall–Kier alpha value is -5.99. The van der Waals surface area contributed by atoms with Gasteiger partial charge < -0.3 is 5.32 Å². The van der Waals surface area contributed by atoms with Gasteiger partial charge in [-0.25, -0.2) is 0 Å². The molecule has 1 atom stereocenters. The number of rotatable bonds is 9. The monoisotopic (exact) mass is 604 g/mol. The Morgan fingerprint density at radius 1 is 0.596 bits per heavy atom. The fourth-order valence-corrected chi connectivity index (χ4v) is 6.16. The second-order valence-corrected chi connectivity index (χ2v) is 11.9. The molecule has 2 heteroatoms. The highest BCUT2D eigenvalue weighted by molar-refractivity contribution is 5.96. The van der Waals surface area contributed by atoms with E-state index < -0.39 is 0 Å². The number of aromatic nitrogens is 1. The van der Waals surface area contributed by atoms with E-state index in [9.17, 15) is 0 Å². The van der Waals surface area contributed by atoms with Crippen LogP contribution in [-0.4, -0.2) is 4.98 Å². The van der Waals surface area contributed by atoms with Crippen molar-refractivity contribution in [2.45, 2.75) is 13.0 Å². The highest BCUT2D eigenvalue weighted by Crippen LogP contribution is 2.31. The Labute approximate surface area is 277 Å². The zero-order chi connectivity index (χ0) is 32.0. The molecule has 0 spiro atoms. The number of nitrogens with zero attached hydrogens (tertiary/aromatic N) is 1. The molecule has 7 rings (SSSR count). The van der Waals surface area contributed by atoms with E-state index in [0.29, 0.717) is 0 Å². The lowest BCUT2D eigenvalue weighted by atomic mass is 9.95. The van der Waals surface area contributed by atoms with Gasteiger partial charge in [0.2, 0.25) is 0 Å². The average molecular weight is 605 g/mol. The minimum Gasteiger partial charge on any atom is -0.375 e. The highest BCUT2D eigenvalue weighted by Gasteiger charge is 2.13. The normalized spacial score (nSPS) is 12.1. The topological polar surface area (TPSA) is 24.9 Å². The summed E-state index contributed by atoms with van der Waals surface area (Å²) in [7, 11) is 0. The summed E-state index contributed by atoms with van der Waals surface area (Å²) < 4.78 is 0. The Bertz CT molecular complexity index is 2160. The standard InChI is InChI=1S/C45H36N2/c1-32(40-15-8-16-41(30-40)42-17-10-28-46-31-42)29-45(39-26-22-36(23-27-39)35-11-4-3-5-12-35)47-33(2)34-20-24-38(25-21-34)44-19-9-14-37-13-6-7-18-43(37)44/h3-31,45,47H,2H2,1H3/b32-29+. The van der Waals surface area contributed by atoms with E-state index in [2.05, 4.69) is 182 Å². The van der Waals surface area contributed by atoms with Gasteiger partial charge in [0.15, 0.2) is 0 Å². The summed E-state index contributed by atoms with van der Waals surface area (Å²) in [5.41, 5.74) is 12.5. The molecule has 0 amide bonds. The van der Waals surface area contributed by atoms with Gasteiger partial charge in [0, 0.05) is 23.7 Å². The Morgan fingerprint density at radius 2 is 1.26 bits per heavy atom. The first-order valence-electron chi connectivity index (χ1n) is 16.0. The van der Waals surface area contributed by atoms with Gasteiger partial charge in [-0.05, 0) is 79.9 Å². The van der Waals surface area contributed by atoms with Crippen molar-refractivity contribution in [2.24, 2.45) is 0 Å². The molecule has 0 aliphatic heterocycles. The smallest absolute Gasteiger partial charge is 0.0703 e. The maximum absolute atomic E-state index is 4.49. The number of benzene rings is 6. The van der Waals surface area contributed by atoms with Crippen LogP contribution in [0, 0.1) is 0 Å². The molecule has 0 aliphatic carbocycles. The molecule has 0 aliphatic rings. The summed E-state index contributed by atoms with van der Waals surface area (Å²) in [4.78, 5) is 4.32. The van der Waals surface area contributed by atoms with Crippen LogP contribution in [0.5, 0.6) is 0 Å². The second kappa shape index (κ2) is 13.6. The van der Waals surface area contributed by atoms with E-state index in [1.54, 1.807) is 0 Å². The molecule has 0 radical (unpaired) electrons. The molecule has 1 heterocycles. The van der Waals surface area contributed by atoms with Gasteiger partial charge in [-0.3, -0.25) is 4.98 Å². The van der Waals surface area contributed by atoms with E-state index in [1.807, 2.05) is 18.5 Å².